The maximum absolute atomic E-state index is 10.7. The predicted octanol–water partition coefficient (Wildman–Crippen LogP) is 2.65. The van der Waals surface area contributed by atoms with Gasteiger partial charge in [0, 0.05) is 10.0 Å². The maximum Gasteiger partial charge on any atom is 0.159 e. The summed E-state index contributed by atoms with van der Waals surface area (Å²) in [6.45, 7) is 1.56. The molecule has 0 spiro atoms. The molecule has 0 bridgehead atoms. The highest BCUT2D eigenvalue weighted by atomic mass is 79.9. The summed E-state index contributed by atoms with van der Waals surface area (Å²) in [4.78, 5) is 10.7. The Kier molecular flexibility index (Phi) is 2.22. The summed E-state index contributed by atoms with van der Waals surface area (Å²) < 4.78 is 0.998. The van der Waals surface area contributed by atoms with E-state index < -0.39 is 0 Å². The highest BCUT2D eigenvalue weighted by molar-refractivity contribution is 9.10. The van der Waals surface area contributed by atoms with E-state index in [0.717, 1.165) is 10.0 Å². The molecule has 0 saturated heterocycles. The lowest BCUT2D eigenvalue weighted by molar-refractivity contribution is 0.101. The van der Waals surface area contributed by atoms with Crippen molar-refractivity contribution in [3.8, 4) is 0 Å². The third-order valence-electron chi connectivity index (χ3n) is 1.25. The lowest BCUT2D eigenvalue weighted by Gasteiger charge is -1.92. The Morgan fingerprint density at radius 2 is 1.80 bits per heavy atom. The largest absolute Gasteiger partial charge is 0.295 e. The molecule has 0 atom stereocenters. The van der Waals surface area contributed by atoms with Gasteiger partial charge < -0.3 is 0 Å². The van der Waals surface area contributed by atoms with Crippen molar-refractivity contribution in [2.75, 3.05) is 0 Å². The van der Waals surface area contributed by atoms with Crippen molar-refractivity contribution >= 4 is 21.7 Å². The molecule has 0 heterocycles. The SMILES string of the molecule is C[14C](=O)c1ccc(Br)cc1. The quantitative estimate of drug-likeness (QED) is 0.638. The van der Waals surface area contributed by atoms with Gasteiger partial charge in [-0.3, -0.25) is 4.79 Å². The van der Waals surface area contributed by atoms with Crippen LogP contribution in [0.3, 0.4) is 0 Å². The van der Waals surface area contributed by atoms with Crippen LogP contribution in [0.25, 0.3) is 0 Å². The van der Waals surface area contributed by atoms with Gasteiger partial charge in [0.15, 0.2) is 5.78 Å². The molecule has 0 aliphatic rings. The van der Waals surface area contributed by atoms with E-state index in [0.29, 0.717) is 0 Å². The summed E-state index contributed by atoms with van der Waals surface area (Å²) in [5, 5.41) is 0. The lowest BCUT2D eigenvalue weighted by Crippen LogP contribution is -1.89. The first-order chi connectivity index (χ1) is 4.70. The molecule has 0 amide bonds. The lowest BCUT2D eigenvalue weighted by atomic mass is 10.3. The van der Waals surface area contributed by atoms with Crippen LogP contribution in [0, 0.1) is 0 Å². The summed E-state index contributed by atoms with van der Waals surface area (Å²) in [6, 6.07) is 7.31. The number of carbonyl (C=O) groups is 1. The van der Waals surface area contributed by atoms with Crippen molar-refractivity contribution in [2.24, 2.45) is 0 Å². The van der Waals surface area contributed by atoms with Gasteiger partial charge in [0.05, 0.1) is 0 Å². The molecule has 0 aliphatic carbocycles. The second-order valence-electron chi connectivity index (χ2n) is 2.06. The second kappa shape index (κ2) is 2.97. The zero-order chi connectivity index (χ0) is 7.56. The molecule has 52 valence electrons. The van der Waals surface area contributed by atoms with E-state index in [1.165, 1.54) is 0 Å². The Bertz CT molecular complexity index is 238. The fourth-order valence-electron chi connectivity index (χ4n) is 0.685. The number of carbonyl (C=O) groups excluding carboxylic acids is 1. The first-order valence-corrected chi connectivity index (χ1v) is 3.76. The van der Waals surface area contributed by atoms with Crippen LogP contribution in [-0.2, 0) is 0 Å². The minimum Gasteiger partial charge on any atom is -0.295 e. The van der Waals surface area contributed by atoms with Gasteiger partial charge >= 0.3 is 0 Å². The highest BCUT2D eigenvalue weighted by Gasteiger charge is 1.95. The maximum atomic E-state index is 10.7. The minimum atomic E-state index is 0.104. The zero-order valence-corrected chi connectivity index (χ0v) is 7.18. The molecule has 0 radical (unpaired) electrons. The van der Waals surface area contributed by atoms with Crippen molar-refractivity contribution in [3.63, 3.8) is 0 Å². The van der Waals surface area contributed by atoms with Crippen molar-refractivity contribution < 1.29 is 4.79 Å². The van der Waals surface area contributed by atoms with Crippen molar-refractivity contribution in [1.82, 2.24) is 0 Å². The van der Waals surface area contributed by atoms with Gasteiger partial charge in [-0.15, -0.1) is 0 Å². The van der Waals surface area contributed by atoms with Crippen LogP contribution in [0.5, 0.6) is 0 Å². The first-order valence-electron chi connectivity index (χ1n) is 2.96. The minimum absolute atomic E-state index is 0.104. The van der Waals surface area contributed by atoms with Crippen molar-refractivity contribution in [2.45, 2.75) is 6.92 Å². The van der Waals surface area contributed by atoms with Gasteiger partial charge in [-0.1, -0.05) is 28.1 Å². The van der Waals surface area contributed by atoms with Gasteiger partial charge in [-0.25, -0.2) is 0 Å². The molecule has 1 rings (SSSR count). The molecule has 0 fully saturated rings. The van der Waals surface area contributed by atoms with Gasteiger partial charge in [0.2, 0.25) is 0 Å². The molecule has 10 heavy (non-hydrogen) atoms. The van der Waals surface area contributed by atoms with E-state index in [1.807, 2.05) is 12.1 Å². The number of ketones is 1. The fraction of sp³-hybridized carbons (Fsp3) is 0.125. The van der Waals surface area contributed by atoms with Gasteiger partial charge in [-0.2, -0.15) is 0 Å². The third-order valence-corrected chi connectivity index (χ3v) is 1.78. The van der Waals surface area contributed by atoms with Crippen LogP contribution in [0.4, 0.5) is 0 Å². The number of hydrogen-bond acceptors (Lipinski definition) is 1. The molecule has 2 heteroatoms. The molecule has 0 unspecified atom stereocenters. The fourth-order valence-corrected chi connectivity index (χ4v) is 0.949. The van der Waals surface area contributed by atoms with Crippen LogP contribution in [0.1, 0.15) is 17.3 Å². The Morgan fingerprint density at radius 3 is 2.20 bits per heavy atom. The summed E-state index contributed by atoms with van der Waals surface area (Å²) in [6.07, 6.45) is 0. The Morgan fingerprint density at radius 1 is 1.30 bits per heavy atom. The highest BCUT2D eigenvalue weighted by Crippen LogP contribution is 2.10. The molecule has 0 aliphatic heterocycles. The van der Waals surface area contributed by atoms with E-state index in [1.54, 1.807) is 19.1 Å². The van der Waals surface area contributed by atoms with Gasteiger partial charge in [-0.05, 0) is 19.1 Å². The number of halogens is 1. The summed E-state index contributed by atoms with van der Waals surface area (Å²) in [7, 11) is 0. The van der Waals surface area contributed by atoms with Crippen molar-refractivity contribution in [3.05, 3.63) is 34.3 Å². The molecule has 1 aromatic carbocycles. The standard InChI is InChI=1S/C8H7BrO/c1-6(10)7-2-4-8(9)5-3-7/h2-5H,1H3/i6+2. The van der Waals surface area contributed by atoms with E-state index >= 15 is 0 Å². The summed E-state index contributed by atoms with van der Waals surface area (Å²) in [5.74, 6) is 0.104. The topological polar surface area (TPSA) is 17.1 Å². The van der Waals surface area contributed by atoms with E-state index in [4.69, 9.17) is 0 Å². The number of Topliss-reactive ketones (excluding diaryl/α,β-unsaturated/α-hetero) is 1. The van der Waals surface area contributed by atoms with Gasteiger partial charge in [0.25, 0.3) is 0 Å². The monoisotopic (exact) mass is 200 g/mol. The van der Waals surface area contributed by atoms with Crippen molar-refractivity contribution in [1.29, 1.82) is 0 Å². The Labute approximate surface area is 68.2 Å². The molecule has 1 nitrogen and oxygen atoms in total. The van der Waals surface area contributed by atoms with Crippen LogP contribution in [0.15, 0.2) is 28.7 Å². The Balaban J connectivity index is 3.00. The molecular formula is C8H7BrO. The molecular weight excluding hydrogens is 194 g/mol. The summed E-state index contributed by atoms with van der Waals surface area (Å²) >= 11 is 3.28. The number of benzene rings is 1. The smallest absolute Gasteiger partial charge is 0.159 e. The molecule has 1 aromatic rings. The average Bonchev–Trinajstić information content (AvgIpc) is 1.88. The molecule has 0 saturated carbocycles. The van der Waals surface area contributed by atoms with Crippen LogP contribution < -0.4 is 0 Å². The van der Waals surface area contributed by atoms with E-state index in [9.17, 15) is 4.79 Å². The average molecular weight is 201 g/mol. The zero-order valence-electron chi connectivity index (χ0n) is 5.60. The number of rotatable bonds is 1. The van der Waals surface area contributed by atoms with Gasteiger partial charge in [0.1, 0.15) is 0 Å². The second-order valence-corrected chi connectivity index (χ2v) is 2.98. The molecule has 0 N–H and O–H groups in total. The number of hydrogen-bond donors (Lipinski definition) is 0. The van der Waals surface area contributed by atoms with Crippen LogP contribution in [-0.4, -0.2) is 5.78 Å². The predicted molar refractivity (Wildman–Crippen MR) is 44.1 cm³/mol. The summed E-state index contributed by atoms with van der Waals surface area (Å²) in [5.41, 5.74) is 0.753. The van der Waals surface area contributed by atoms with E-state index in [-0.39, 0.29) is 5.78 Å². The van der Waals surface area contributed by atoms with E-state index in [2.05, 4.69) is 15.9 Å². The first kappa shape index (κ1) is 7.48. The molecule has 0 aromatic heterocycles. The normalized spacial score (nSPS) is 9.40. The van der Waals surface area contributed by atoms with Crippen LogP contribution >= 0.6 is 15.9 Å². The van der Waals surface area contributed by atoms with Crippen LogP contribution in [0.2, 0.25) is 0 Å². The Hall–Kier alpha value is -0.630. The third kappa shape index (κ3) is 1.67.